The number of piperidine rings is 1. The van der Waals surface area contributed by atoms with Gasteiger partial charge in [0.15, 0.2) is 0 Å². The van der Waals surface area contributed by atoms with E-state index in [1.807, 2.05) is 18.2 Å². The van der Waals surface area contributed by atoms with Crippen LogP contribution >= 0.6 is 0 Å². The van der Waals surface area contributed by atoms with Crippen LogP contribution in [0.3, 0.4) is 0 Å². The molecule has 1 atom stereocenters. The SMILES string of the molecule is COC1(CCNCc2ccc3c(c2)C(=O)N(C2CCC(=O)NC2=O)C3)CNC1. The fraction of sp³-hybridized carbons (Fsp3) is 0.550. The highest BCUT2D eigenvalue weighted by molar-refractivity contribution is 6.05. The average Bonchev–Trinajstić information content (AvgIpc) is 2.97. The summed E-state index contributed by atoms with van der Waals surface area (Å²) in [5, 5.41) is 8.99. The first kappa shape index (κ1) is 19.0. The normalized spacial score (nSPS) is 23.4. The van der Waals surface area contributed by atoms with Gasteiger partial charge in [0.1, 0.15) is 6.04 Å². The summed E-state index contributed by atoms with van der Waals surface area (Å²) in [4.78, 5) is 37.9. The molecule has 1 aromatic carbocycles. The number of hydrogen-bond acceptors (Lipinski definition) is 6. The van der Waals surface area contributed by atoms with Gasteiger partial charge in [-0.2, -0.15) is 0 Å². The molecule has 1 aromatic rings. The minimum atomic E-state index is -0.569. The molecule has 1 unspecified atom stereocenters. The predicted octanol–water partition coefficient (Wildman–Crippen LogP) is -0.0843. The first-order valence-corrected chi connectivity index (χ1v) is 9.74. The van der Waals surface area contributed by atoms with Crippen molar-refractivity contribution in [1.82, 2.24) is 20.9 Å². The van der Waals surface area contributed by atoms with Crippen LogP contribution in [0.15, 0.2) is 18.2 Å². The standard InChI is InChI=1S/C20H26N4O4/c1-28-20(11-22-12-20)6-7-21-9-13-2-3-14-10-24(19(27)15(14)8-13)16-4-5-17(25)23-18(16)26/h2-3,8,16,21-22H,4-7,9-12H2,1H3,(H,23,25,26). The number of benzene rings is 1. The molecule has 0 radical (unpaired) electrons. The van der Waals surface area contributed by atoms with Crippen molar-refractivity contribution in [1.29, 1.82) is 0 Å². The number of nitrogens with zero attached hydrogens (tertiary/aromatic N) is 1. The highest BCUT2D eigenvalue weighted by Crippen LogP contribution is 2.28. The molecule has 3 amide bonds. The van der Waals surface area contributed by atoms with E-state index >= 15 is 0 Å². The first-order valence-electron chi connectivity index (χ1n) is 9.74. The van der Waals surface area contributed by atoms with Gasteiger partial charge >= 0.3 is 0 Å². The number of rotatable bonds is 7. The summed E-state index contributed by atoms with van der Waals surface area (Å²) in [6, 6.07) is 5.32. The first-order chi connectivity index (χ1) is 13.5. The summed E-state index contributed by atoms with van der Waals surface area (Å²) in [7, 11) is 1.75. The minimum Gasteiger partial charge on any atom is -0.376 e. The lowest BCUT2D eigenvalue weighted by atomic mass is 9.93. The van der Waals surface area contributed by atoms with Crippen LogP contribution in [0, 0.1) is 0 Å². The van der Waals surface area contributed by atoms with Crippen LogP contribution in [0.2, 0.25) is 0 Å². The predicted molar refractivity (Wildman–Crippen MR) is 101 cm³/mol. The number of nitrogens with one attached hydrogen (secondary N) is 3. The fourth-order valence-corrected chi connectivity index (χ4v) is 4.09. The molecule has 0 bridgehead atoms. The quantitative estimate of drug-likeness (QED) is 0.448. The molecule has 3 heterocycles. The van der Waals surface area contributed by atoms with Gasteiger partial charge in [-0.15, -0.1) is 0 Å². The molecule has 0 aliphatic carbocycles. The molecule has 3 aliphatic rings. The number of carbonyl (C=O) groups excluding carboxylic acids is 3. The van der Waals surface area contributed by atoms with Gasteiger partial charge in [0.25, 0.3) is 5.91 Å². The van der Waals surface area contributed by atoms with Crippen LogP contribution in [0.5, 0.6) is 0 Å². The Bertz CT molecular complexity index is 800. The Kier molecular flexibility index (Phi) is 5.18. The molecule has 0 spiro atoms. The van der Waals surface area contributed by atoms with E-state index in [4.69, 9.17) is 4.74 Å². The number of ether oxygens (including phenoxy) is 1. The molecule has 2 saturated heterocycles. The molecule has 150 valence electrons. The average molecular weight is 386 g/mol. The highest BCUT2D eigenvalue weighted by atomic mass is 16.5. The summed E-state index contributed by atoms with van der Waals surface area (Å²) >= 11 is 0. The molecule has 2 fully saturated rings. The summed E-state index contributed by atoms with van der Waals surface area (Å²) in [6.07, 6.45) is 1.59. The monoisotopic (exact) mass is 386 g/mol. The van der Waals surface area contributed by atoms with Crippen LogP contribution in [-0.2, 0) is 27.4 Å². The van der Waals surface area contributed by atoms with Crippen molar-refractivity contribution >= 4 is 17.7 Å². The summed E-state index contributed by atoms with van der Waals surface area (Å²) in [5.74, 6) is -0.784. The summed E-state index contributed by atoms with van der Waals surface area (Å²) in [5.41, 5.74) is 2.57. The Morgan fingerprint density at radius 3 is 2.79 bits per heavy atom. The van der Waals surface area contributed by atoms with Gasteiger partial charge in [0.2, 0.25) is 11.8 Å². The third kappa shape index (κ3) is 3.55. The Hall–Kier alpha value is -2.29. The van der Waals surface area contributed by atoms with E-state index in [9.17, 15) is 14.4 Å². The van der Waals surface area contributed by atoms with Crippen LogP contribution in [0.25, 0.3) is 0 Å². The molecule has 8 nitrogen and oxygen atoms in total. The van der Waals surface area contributed by atoms with Crippen LogP contribution in [-0.4, -0.2) is 61.0 Å². The van der Waals surface area contributed by atoms with Gasteiger partial charge in [-0.1, -0.05) is 12.1 Å². The van der Waals surface area contributed by atoms with Gasteiger partial charge in [0.05, 0.1) is 5.60 Å². The number of carbonyl (C=O) groups is 3. The van der Waals surface area contributed by atoms with E-state index in [1.54, 1.807) is 12.0 Å². The lowest BCUT2D eigenvalue weighted by Gasteiger charge is -2.41. The van der Waals surface area contributed by atoms with Crippen LogP contribution in [0.1, 0.15) is 40.7 Å². The van der Waals surface area contributed by atoms with Gasteiger partial charge in [-0.3, -0.25) is 19.7 Å². The fourth-order valence-electron chi connectivity index (χ4n) is 4.09. The second kappa shape index (κ2) is 7.62. The van der Waals surface area contributed by atoms with Crippen LogP contribution < -0.4 is 16.0 Å². The highest BCUT2D eigenvalue weighted by Gasteiger charge is 2.39. The lowest BCUT2D eigenvalue weighted by molar-refractivity contribution is -0.136. The maximum atomic E-state index is 12.8. The zero-order valence-electron chi connectivity index (χ0n) is 16.0. The second-order valence-electron chi connectivity index (χ2n) is 7.81. The Morgan fingerprint density at radius 1 is 1.29 bits per heavy atom. The van der Waals surface area contributed by atoms with Crippen LogP contribution in [0.4, 0.5) is 0 Å². The van der Waals surface area contributed by atoms with E-state index in [1.165, 1.54) is 0 Å². The molecular weight excluding hydrogens is 360 g/mol. The number of imide groups is 1. The maximum absolute atomic E-state index is 12.8. The molecule has 0 aromatic heterocycles. The molecule has 0 saturated carbocycles. The third-order valence-electron chi connectivity index (χ3n) is 6.01. The number of fused-ring (bicyclic) bond motifs is 1. The van der Waals surface area contributed by atoms with E-state index in [-0.39, 0.29) is 29.7 Å². The van der Waals surface area contributed by atoms with Crippen molar-refractivity contribution in [2.75, 3.05) is 26.7 Å². The number of amides is 3. The molecular formula is C20H26N4O4. The smallest absolute Gasteiger partial charge is 0.255 e. The van der Waals surface area contributed by atoms with Gasteiger partial charge < -0.3 is 20.3 Å². The molecule has 3 aliphatic heterocycles. The Balaban J connectivity index is 1.35. The van der Waals surface area contributed by atoms with Gasteiger partial charge in [0, 0.05) is 45.3 Å². The van der Waals surface area contributed by atoms with Crippen molar-refractivity contribution in [3.05, 3.63) is 34.9 Å². The summed E-state index contributed by atoms with van der Waals surface area (Å²) < 4.78 is 5.58. The van der Waals surface area contributed by atoms with Crippen molar-refractivity contribution < 1.29 is 19.1 Å². The van der Waals surface area contributed by atoms with Gasteiger partial charge in [-0.05, 0) is 36.6 Å². The molecule has 28 heavy (non-hydrogen) atoms. The van der Waals surface area contributed by atoms with Crippen molar-refractivity contribution in [2.45, 2.75) is 44.0 Å². The zero-order valence-corrected chi connectivity index (χ0v) is 16.0. The van der Waals surface area contributed by atoms with E-state index in [2.05, 4.69) is 16.0 Å². The molecule has 3 N–H and O–H groups in total. The maximum Gasteiger partial charge on any atom is 0.255 e. The number of methoxy groups -OCH3 is 1. The van der Waals surface area contributed by atoms with Crippen molar-refractivity contribution in [3.63, 3.8) is 0 Å². The molecule has 8 heteroatoms. The van der Waals surface area contributed by atoms with Gasteiger partial charge in [-0.25, -0.2) is 0 Å². The molecule has 4 rings (SSSR count). The van der Waals surface area contributed by atoms with Crippen molar-refractivity contribution in [2.24, 2.45) is 0 Å². The van der Waals surface area contributed by atoms with E-state index in [0.29, 0.717) is 25.1 Å². The Morgan fingerprint density at radius 2 is 2.11 bits per heavy atom. The lowest BCUT2D eigenvalue weighted by Crippen LogP contribution is -2.61. The Labute approximate surface area is 164 Å². The number of hydrogen-bond donors (Lipinski definition) is 3. The largest absolute Gasteiger partial charge is 0.376 e. The minimum absolute atomic E-state index is 0.0522. The topological polar surface area (TPSA) is 99.8 Å². The summed E-state index contributed by atoms with van der Waals surface area (Å²) in [6.45, 7) is 3.69. The van der Waals surface area contributed by atoms with E-state index < -0.39 is 6.04 Å². The third-order valence-corrected chi connectivity index (χ3v) is 6.01. The second-order valence-corrected chi connectivity index (χ2v) is 7.81. The van der Waals surface area contributed by atoms with E-state index in [0.717, 1.165) is 37.2 Å². The van der Waals surface area contributed by atoms with Crippen molar-refractivity contribution in [3.8, 4) is 0 Å². The zero-order chi connectivity index (χ0) is 19.7.